The van der Waals surface area contributed by atoms with E-state index in [1.54, 1.807) is 22.6 Å². The molecule has 2 aromatic rings. The number of thiazole rings is 1. The maximum atomic E-state index is 12.8. The number of hydrogen-bond donors (Lipinski definition) is 0. The van der Waals surface area contributed by atoms with Crippen LogP contribution in [0.5, 0.6) is 0 Å². The third-order valence-electron chi connectivity index (χ3n) is 3.12. The van der Waals surface area contributed by atoms with Gasteiger partial charge in [0.2, 0.25) is 0 Å². The maximum Gasteiger partial charge on any atom is 0.255 e. The van der Waals surface area contributed by atoms with Crippen LogP contribution in [0.25, 0.3) is 0 Å². The second kappa shape index (κ2) is 5.38. The predicted molar refractivity (Wildman–Crippen MR) is 81.9 cm³/mol. The summed E-state index contributed by atoms with van der Waals surface area (Å²) in [5.74, 6) is 0. The van der Waals surface area contributed by atoms with Crippen LogP contribution >= 0.6 is 34.3 Å². The Labute approximate surface area is 131 Å². The van der Waals surface area contributed by atoms with Crippen molar-refractivity contribution < 1.29 is 8.42 Å². The van der Waals surface area contributed by atoms with Crippen LogP contribution in [0, 0.1) is 6.92 Å². The van der Waals surface area contributed by atoms with Gasteiger partial charge >= 0.3 is 0 Å². The number of aromatic nitrogens is 1. The molecule has 0 atom stereocenters. The zero-order valence-corrected chi connectivity index (χ0v) is 13.9. The molecule has 0 radical (unpaired) electrons. The highest BCUT2D eigenvalue weighted by molar-refractivity contribution is 7.91. The van der Waals surface area contributed by atoms with Gasteiger partial charge in [-0.05, 0) is 31.2 Å². The zero-order chi connectivity index (χ0) is 14.3. The minimum atomic E-state index is -3.51. The lowest BCUT2D eigenvalue weighted by atomic mass is 10.4. The molecule has 0 N–H and O–H groups in total. The van der Waals surface area contributed by atoms with Crippen molar-refractivity contribution in [2.24, 2.45) is 0 Å². The van der Waals surface area contributed by atoms with E-state index in [4.69, 9.17) is 11.6 Å². The molecule has 0 amide bonds. The van der Waals surface area contributed by atoms with E-state index in [9.17, 15) is 8.42 Å². The van der Waals surface area contributed by atoms with Crippen LogP contribution in [-0.2, 0) is 16.6 Å². The van der Waals surface area contributed by atoms with Gasteiger partial charge in [-0.2, -0.15) is 4.31 Å². The summed E-state index contributed by atoms with van der Waals surface area (Å²) in [7, 11) is -3.51. The number of nitrogens with zero attached hydrogens (tertiary/aromatic N) is 2. The molecule has 8 heteroatoms. The standard InChI is InChI=1S/C12H13ClN2O2S3/c1-8-11(19-12(13)14-8)20(16,17)15(9-4-5-9)7-10-3-2-6-18-10/h2-3,6,9H,4-5,7H2,1H3. The van der Waals surface area contributed by atoms with Crippen molar-refractivity contribution in [1.82, 2.24) is 9.29 Å². The van der Waals surface area contributed by atoms with Gasteiger partial charge in [-0.25, -0.2) is 13.4 Å². The molecule has 0 unspecified atom stereocenters. The van der Waals surface area contributed by atoms with Crippen LogP contribution in [0.4, 0.5) is 0 Å². The van der Waals surface area contributed by atoms with E-state index in [1.165, 1.54) is 0 Å². The van der Waals surface area contributed by atoms with Crippen molar-refractivity contribution >= 4 is 44.3 Å². The predicted octanol–water partition coefficient (Wildman–Crippen LogP) is 3.52. The first-order valence-corrected chi connectivity index (χ1v) is 9.67. The second-order valence-corrected chi connectivity index (χ2v) is 9.40. The Morgan fingerprint density at radius 2 is 2.25 bits per heavy atom. The molecular weight excluding hydrogens is 336 g/mol. The normalized spacial score (nSPS) is 15.9. The Morgan fingerprint density at radius 1 is 1.50 bits per heavy atom. The van der Waals surface area contributed by atoms with Gasteiger partial charge in [-0.1, -0.05) is 29.0 Å². The van der Waals surface area contributed by atoms with Crippen LogP contribution in [0.1, 0.15) is 23.4 Å². The Kier molecular flexibility index (Phi) is 3.89. The van der Waals surface area contributed by atoms with Gasteiger partial charge in [0.1, 0.15) is 0 Å². The minimum absolute atomic E-state index is 0.113. The van der Waals surface area contributed by atoms with E-state index in [2.05, 4.69) is 4.98 Å². The molecule has 2 heterocycles. The van der Waals surface area contributed by atoms with E-state index in [0.717, 1.165) is 29.1 Å². The van der Waals surface area contributed by atoms with E-state index in [-0.39, 0.29) is 14.7 Å². The van der Waals surface area contributed by atoms with Gasteiger partial charge in [0.05, 0.1) is 5.69 Å². The van der Waals surface area contributed by atoms with Crippen LogP contribution in [-0.4, -0.2) is 23.7 Å². The second-order valence-electron chi connectivity index (χ2n) is 4.70. The molecule has 1 aliphatic carbocycles. The smallest absolute Gasteiger partial charge is 0.229 e. The highest BCUT2D eigenvalue weighted by Crippen LogP contribution is 2.37. The van der Waals surface area contributed by atoms with Crippen molar-refractivity contribution in [2.45, 2.75) is 36.6 Å². The summed E-state index contributed by atoms with van der Waals surface area (Å²) in [6.07, 6.45) is 1.85. The fraction of sp³-hybridized carbons (Fsp3) is 0.417. The number of thiophene rings is 1. The van der Waals surface area contributed by atoms with Gasteiger partial charge in [-0.15, -0.1) is 11.3 Å². The summed E-state index contributed by atoms with van der Waals surface area (Å²) >= 11 is 8.45. The fourth-order valence-corrected chi connectivity index (χ4v) is 6.32. The van der Waals surface area contributed by atoms with E-state index >= 15 is 0 Å². The molecule has 0 aromatic carbocycles. The molecule has 0 aliphatic heterocycles. The summed E-state index contributed by atoms with van der Waals surface area (Å²) in [5, 5.41) is 1.96. The molecule has 1 aliphatic rings. The SMILES string of the molecule is Cc1nc(Cl)sc1S(=O)(=O)N(Cc1cccs1)C1CC1. The van der Waals surface area contributed by atoms with Crippen LogP contribution in [0.3, 0.4) is 0 Å². The minimum Gasteiger partial charge on any atom is -0.229 e. The molecule has 1 saturated carbocycles. The molecule has 2 aromatic heterocycles. The van der Waals surface area contributed by atoms with Gasteiger partial charge < -0.3 is 0 Å². The summed E-state index contributed by atoms with van der Waals surface area (Å²) in [6, 6.07) is 4.01. The van der Waals surface area contributed by atoms with Crippen LogP contribution < -0.4 is 0 Å². The molecule has 0 saturated heterocycles. The Bertz CT molecular complexity index is 705. The van der Waals surface area contributed by atoms with Crippen LogP contribution in [0.2, 0.25) is 4.47 Å². The first-order valence-electron chi connectivity index (χ1n) is 6.15. The first-order chi connectivity index (χ1) is 9.48. The van der Waals surface area contributed by atoms with Gasteiger partial charge in [0.15, 0.2) is 8.68 Å². The largest absolute Gasteiger partial charge is 0.255 e. The lowest BCUT2D eigenvalue weighted by molar-refractivity contribution is 0.402. The molecule has 3 rings (SSSR count). The molecule has 4 nitrogen and oxygen atoms in total. The fourth-order valence-electron chi connectivity index (χ4n) is 2.03. The summed E-state index contributed by atoms with van der Waals surface area (Å²) in [6.45, 7) is 2.12. The summed E-state index contributed by atoms with van der Waals surface area (Å²) in [4.78, 5) is 5.07. The van der Waals surface area contributed by atoms with E-state index in [1.807, 2.05) is 17.5 Å². The molecule has 20 heavy (non-hydrogen) atoms. The molecule has 0 spiro atoms. The average molecular weight is 349 g/mol. The highest BCUT2D eigenvalue weighted by Gasteiger charge is 2.40. The number of sulfonamides is 1. The van der Waals surface area contributed by atoms with Crippen LogP contribution in [0.15, 0.2) is 21.7 Å². The Morgan fingerprint density at radius 3 is 2.75 bits per heavy atom. The number of hydrogen-bond acceptors (Lipinski definition) is 5. The van der Waals surface area contributed by atoms with E-state index < -0.39 is 10.0 Å². The molecule has 1 fully saturated rings. The molecular formula is C12H13ClN2O2S3. The number of rotatable bonds is 5. The van der Waals surface area contributed by atoms with Crippen molar-refractivity contribution in [1.29, 1.82) is 0 Å². The van der Waals surface area contributed by atoms with Gasteiger partial charge in [0, 0.05) is 17.5 Å². The summed E-state index contributed by atoms with van der Waals surface area (Å²) < 4.78 is 27.8. The average Bonchev–Trinajstić information content (AvgIpc) is 2.96. The third kappa shape index (κ3) is 2.78. The van der Waals surface area contributed by atoms with E-state index in [0.29, 0.717) is 12.2 Å². The topological polar surface area (TPSA) is 50.3 Å². The lowest BCUT2D eigenvalue weighted by Crippen LogP contribution is -2.32. The number of halogens is 1. The Balaban J connectivity index is 1.96. The number of aryl methyl sites for hydroxylation is 1. The highest BCUT2D eigenvalue weighted by atomic mass is 35.5. The third-order valence-corrected chi connectivity index (χ3v) is 7.73. The van der Waals surface area contributed by atoms with Crippen molar-refractivity contribution in [3.63, 3.8) is 0 Å². The summed E-state index contributed by atoms with van der Waals surface area (Å²) in [5.41, 5.74) is 0.483. The van der Waals surface area contributed by atoms with Crippen molar-refractivity contribution in [3.8, 4) is 0 Å². The molecule has 108 valence electrons. The van der Waals surface area contributed by atoms with Crippen molar-refractivity contribution in [2.75, 3.05) is 0 Å². The quantitative estimate of drug-likeness (QED) is 0.830. The first kappa shape index (κ1) is 14.5. The maximum absolute atomic E-state index is 12.8. The molecule has 0 bridgehead atoms. The Hall–Kier alpha value is -0.470. The lowest BCUT2D eigenvalue weighted by Gasteiger charge is -2.20. The van der Waals surface area contributed by atoms with Gasteiger partial charge in [0.25, 0.3) is 10.0 Å². The van der Waals surface area contributed by atoms with Crippen molar-refractivity contribution in [3.05, 3.63) is 32.6 Å². The monoisotopic (exact) mass is 348 g/mol. The van der Waals surface area contributed by atoms with Gasteiger partial charge in [-0.3, -0.25) is 0 Å². The zero-order valence-electron chi connectivity index (χ0n) is 10.7.